The molecule has 2 atom stereocenters. The molecule has 0 amide bonds. The molecule has 0 bridgehead atoms. The van der Waals surface area contributed by atoms with E-state index in [0.717, 1.165) is 18.5 Å². The van der Waals surface area contributed by atoms with Gasteiger partial charge in [-0.25, -0.2) is 4.39 Å². The molecule has 0 heterocycles. The van der Waals surface area contributed by atoms with Crippen molar-refractivity contribution in [2.24, 2.45) is 11.3 Å². The number of rotatable bonds is 2. The lowest BCUT2D eigenvalue weighted by Gasteiger charge is -2.39. The zero-order valence-corrected chi connectivity index (χ0v) is 11.8. The van der Waals surface area contributed by atoms with E-state index in [2.05, 4.69) is 26.1 Å². The van der Waals surface area contributed by atoms with Gasteiger partial charge in [0.05, 0.1) is 5.56 Å². The van der Waals surface area contributed by atoms with Gasteiger partial charge in [0.25, 0.3) is 0 Å². The molecule has 1 aliphatic rings. The van der Waals surface area contributed by atoms with Gasteiger partial charge in [-0.05, 0) is 48.8 Å². The van der Waals surface area contributed by atoms with E-state index in [9.17, 15) is 4.39 Å². The van der Waals surface area contributed by atoms with E-state index >= 15 is 0 Å². The van der Waals surface area contributed by atoms with Crippen LogP contribution in [0.2, 0.25) is 0 Å². The molecule has 19 heavy (non-hydrogen) atoms. The van der Waals surface area contributed by atoms with Gasteiger partial charge in [0.1, 0.15) is 11.9 Å². The molecule has 2 unspecified atom stereocenters. The van der Waals surface area contributed by atoms with Gasteiger partial charge in [0.15, 0.2) is 0 Å². The van der Waals surface area contributed by atoms with Crippen molar-refractivity contribution >= 4 is 5.69 Å². The Labute approximate surface area is 114 Å². The van der Waals surface area contributed by atoms with Crippen LogP contribution in [0.15, 0.2) is 18.2 Å². The predicted molar refractivity (Wildman–Crippen MR) is 75.3 cm³/mol. The number of halogens is 1. The first-order valence-electron chi connectivity index (χ1n) is 6.86. The Bertz CT molecular complexity index is 502. The Kier molecular flexibility index (Phi) is 3.80. The molecule has 1 saturated carbocycles. The van der Waals surface area contributed by atoms with E-state index in [1.165, 1.54) is 12.5 Å². The van der Waals surface area contributed by atoms with Crippen molar-refractivity contribution in [1.82, 2.24) is 0 Å². The maximum Gasteiger partial charge on any atom is 0.141 e. The summed E-state index contributed by atoms with van der Waals surface area (Å²) < 4.78 is 13.3. The first kappa shape index (κ1) is 13.9. The standard InChI is InChI=1S/C16H21FN2/c1-11-6-14(9-16(2,3)8-11)19-13-4-5-15(17)12(7-13)10-18/h4-5,7,11,14,19H,6,8-9H2,1-3H3. The minimum Gasteiger partial charge on any atom is -0.382 e. The molecule has 3 heteroatoms. The van der Waals surface area contributed by atoms with E-state index in [1.807, 2.05) is 6.07 Å². The zero-order valence-electron chi connectivity index (χ0n) is 11.8. The second kappa shape index (κ2) is 5.21. The van der Waals surface area contributed by atoms with Crippen LogP contribution in [0.4, 0.5) is 10.1 Å². The van der Waals surface area contributed by atoms with Gasteiger partial charge >= 0.3 is 0 Å². The van der Waals surface area contributed by atoms with Gasteiger partial charge in [-0.15, -0.1) is 0 Å². The molecule has 2 nitrogen and oxygen atoms in total. The number of hydrogen-bond donors (Lipinski definition) is 1. The molecule has 0 spiro atoms. The molecular weight excluding hydrogens is 239 g/mol. The zero-order chi connectivity index (χ0) is 14.0. The molecule has 0 aromatic heterocycles. The van der Waals surface area contributed by atoms with Gasteiger partial charge in [0.2, 0.25) is 0 Å². The highest BCUT2D eigenvalue weighted by molar-refractivity contribution is 5.50. The molecule has 1 fully saturated rings. The summed E-state index contributed by atoms with van der Waals surface area (Å²) in [5.41, 5.74) is 1.29. The van der Waals surface area contributed by atoms with Gasteiger partial charge in [-0.1, -0.05) is 20.8 Å². The van der Waals surface area contributed by atoms with Crippen molar-refractivity contribution < 1.29 is 4.39 Å². The van der Waals surface area contributed by atoms with Crippen molar-refractivity contribution in [3.05, 3.63) is 29.6 Å². The van der Waals surface area contributed by atoms with Crippen LogP contribution in [0.1, 0.15) is 45.6 Å². The Hall–Kier alpha value is -1.56. The summed E-state index contributed by atoms with van der Waals surface area (Å²) >= 11 is 0. The van der Waals surface area contributed by atoms with E-state index in [-0.39, 0.29) is 5.56 Å². The summed E-state index contributed by atoms with van der Waals surface area (Å²) in [6.07, 6.45) is 3.48. The van der Waals surface area contributed by atoms with Gasteiger partial charge in [-0.3, -0.25) is 0 Å². The van der Waals surface area contributed by atoms with E-state index in [1.54, 1.807) is 12.1 Å². The second-order valence-electron chi connectivity index (χ2n) is 6.56. The monoisotopic (exact) mass is 260 g/mol. The fourth-order valence-corrected chi connectivity index (χ4v) is 3.39. The van der Waals surface area contributed by atoms with E-state index in [0.29, 0.717) is 17.4 Å². The van der Waals surface area contributed by atoms with Crippen LogP contribution in [0, 0.1) is 28.5 Å². The number of nitrogens with one attached hydrogen (secondary N) is 1. The number of nitriles is 1. The minimum absolute atomic E-state index is 0.105. The third-order valence-corrected chi connectivity index (χ3v) is 3.84. The summed E-state index contributed by atoms with van der Waals surface area (Å²) in [4.78, 5) is 0. The van der Waals surface area contributed by atoms with Crippen molar-refractivity contribution in [2.45, 2.75) is 46.1 Å². The minimum atomic E-state index is -0.453. The van der Waals surface area contributed by atoms with Gasteiger partial charge in [-0.2, -0.15) is 5.26 Å². The first-order chi connectivity index (χ1) is 8.89. The summed E-state index contributed by atoms with van der Waals surface area (Å²) in [5.74, 6) is 0.238. The Morgan fingerprint density at radius 2 is 2.11 bits per heavy atom. The van der Waals surface area contributed by atoms with Crippen LogP contribution >= 0.6 is 0 Å². The average molecular weight is 260 g/mol. The van der Waals surface area contributed by atoms with Crippen LogP contribution in [0.5, 0.6) is 0 Å². The third-order valence-electron chi connectivity index (χ3n) is 3.84. The van der Waals surface area contributed by atoms with Crippen molar-refractivity contribution in [3.8, 4) is 6.07 Å². The van der Waals surface area contributed by atoms with Crippen LogP contribution < -0.4 is 5.32 Å². The molecular formula is C16H21FN2. The van der Waals surface area contributed by atoms with Gasteiger partial charge < -0.3 is 5.32 Å². The number of hydrogen-bond acceptors (Lipinski definition) is 2. The number of anilines is 1. The van der Waals surface area contributed by atoms with Gasteiger partial charge in [0, 0.05) is 11.7 Å². The summed E-state index contributed by atoms with van der Waals surface area (Å²) in [7, 11) is 0. The quantitative estimate of drug-likeness (QED) is 0.859. The number of nitrogens with zero attached hydrogens (tertiary/aromatic N) is 1. The van der Waals surface area contributed by atoms with Crippen LogP contribution in [-0.2, 0) is 0 Å². The highest BCUT2D eigenvalue weighted by Gasteiger charge is 2.31. The lowest BCUT2D eigenvalue weighted by molar-refractivity contribution is 0.178. The smallest absolute Gasteiger partial charge is 0.141 e. The lowest BCUT2D eigenvalue weighted by atomic mass is 9.70. The molecule has 0 radical (unpaired) electrons. The lowest BCUT2D eigenvalue weighted by Crippen LogP contribution is -2.35. The SMILES string of the molecule is CC1CC(Nc2ccc(F)c(C#N)c2)CC(C)(C)C1. The van der Waals surface area contributed by atoms with Crippen molar-refractivity contribution in [2.75, 3.05) is 5.32 Å². The number of benzene rings is 1. The molecule has 1 aliphatic carbocycles. The average Bonchev–Trinajstić information content (AvgIpc) is 2.29. The molecule has 102 valence electrons. The molecule has 2 rings (SSSR count). The fraction of sp³-hybridized carbons (Fsp3) is 0.562. The predicted octanol–water partition coefficient (Wildman–Crippen LogP) is 4.32. The van der Waals surface area contributed by atoms with Crippen molar-refractivity contribution in [1.29, 1.82) is 5.26 Å². The first-order valence-corrected chi connectivity index (χ1v) is 6.86. The highest BCUT2D eigenvalue weighted by atomic mass is 19.1. The summed E-state index contributed by atoms with van der Waals surface area (Å²) in [5, 5.41) is 12.3. The maximum atomic E-state index is 13.3. The molecule has 1 aromatic carbocycles. The van der Waals surface area contributed by atoms with E-state index < -0.39 is 5.82 Å². The Morgan fingerprint density at radius 3 is 2.74 bits per heavy atom. The van der Waals surface area contributed by atoms with Crippen LogP contribution in [0.3, 0.4) is 0 Å². The topological polar surface area (TPSA) is 35.8 Å². The Morgan fingerprint density at radius 1 is 1.37 bits per heavy atom. The van der Waals surface area contributed by atoms with Crippen LogP contribution in [0.25, 0.3) is 0 Å². The molecule has 1 aromatic rings. The second-order valence-corrected chi connectivity index (χ2v) is 6.56. The largest absolute Gasteiger partial charge is 0.382 e. The summed E-state index contributed by atoms with van der Waals surface area (Å²) in [6.45, 7) is 6.87. The third kappa shape index (κ3) is 3.47. The Balaban J connectivity index is 2.11. The fourth-order valence-electron chi connectivity index (χ4n) is 3.39. The van der Waals surface area contributed by atoms with Crippen LogP contribution in [-0.4, -0.2) is 6.04 Å². The molecule has 1 N–H and O–H groups in total. The normalized spacial score (nSPS) is 25.6. The maximum absolute atomic E-state index is 13.3. The summed E-state index contributed by atoms with van der Waals surface area (Å²) in [6, 6.07) is 6.95. The highest BCUT2D eigenvalue weighted by Crippen LogP contribution is 2.39. The molecule has 0 saturated heterocycles. The van der Waals surface area contributed by atoms with E-state index in [4.69, 9.17) is 5.26 Å². The molecule has 0 aliphatic heterocycles. The van der Waals surface area contributed by atoms with Crippen molar-refractivity contribution in [3.63, 3.8) is 0 Å².